The molecule has 0 bridgehead atoms. The first-order chi connectivity index (χ1) is 16.3. The fourth-order valence-corrected chi connectivity index (χ4v) is 2.59. The van der Waals surface area contributed by atoms with Crippen LogP contribution in [0.1, 0.15) is 15.9 Å². The topological polar surface area (TPSA) is 163 Å². The average molecular weight is 464 g/mol. The highest BCUT2D eigenvalue weighted by Gasteiger charge is 2.15. The molecule has 1 N–H and O–H groups in total. The van der Waals surface area contributed by atoms with Crippen molar-refractivity contribution in [2.24, 2.45) is 5.10 Å². The Labute approximate surface area is 191 Å². The number of nitrogens with zero attached hydrogens (tertiary/aromatic N) is 3. The van der Waals surface area contributed by atoms with Crippen LogP contribution in [-0.4, -0.2) is 34.5 Å². The predicted octanol–water partition coefficient (Wildman–Crippen LogP) is 3.25. The maximum absolute atomic E-state index is 12.1. The van der Waals surface area contributed by atoms with Crippen molar-refractivity contribution < 1.29 is 28.9 Å². The summed E-state index contributed by atoms with van der Waals surface area (Å²) < 4.78 is 10.4. The number of carbonyl (C=O) groups excluding carboxylic acids is 2. The molecule has 34 heavy (non-hydrogen) atoms. The standard InChI is InChI=1S/C22H16N4O8/c27-21(14-33-20-4-2-1-3-19(20)26(31)32)24-23-13-15-5-11-18(12-6-15)34-22(28)16-7-9-17(10-8-16)25(29)30/h1-13H,14H2,(H,24,27)/b23-13-. The number of carbonyl (C=O) groups is 2. The van der Waals surface area contributed by atoms with E-state index in [1.165, 1.54) is 60.8 Å². The Morgan fingerprint density at radius 1 is 0.912 bits per heavy atom. The Hall–Kier alpha value is -5.13. The third-order valence-corrected chi connectivity index (χ3v) is 4.23. The molecule has 0 heterocycles. The van der Waals surface area contributed by atoms with Crippen LogP contribution in [0.5, 0.6) is 11.5 Å². The van der Waals surface area contributed by atoms with E-state index in [0.717, 1.165) is 0 Å². The number of para-hydroxylation sites is 2. The zero-order valence-corrected chi connectivity index (χ0v) is 17.3. The minimum Gasteiger partial charge on any atom is -0.477 e. The molecule has 172 valence electrons. The average Bonchev–Trinajstić information content (AvgIpc) is 2.84. The van der Waals surface area contributed by atoms with E-state index in [2.05, 4.69) is 10.5 Å². The van der Waals surface area contributed by atoms with E-state index in [4.69, 9.17) is 9.47 Å². The number of benzene rings is 3. The van der Waals surface area contributed by atoms with E-state index < -0.39 is 28.3 Å². The van der Waals surface area contributed by atoms with Crippen LogP contribution < -0.4 is 14.9 Å². The van der Waals surface area contributed by atoms with Crippen molar-refractivity contribution in [3.05, 3.63) is 104 Å². The van der Waals surface area contributed by atoms with Crippen molar-refractivity contribution in [1.82, 2.24) is 5.43 Å². The number of rotatable bonds is 9. The number of hydrogen-bond donors (Lipinski definition) is 1. The molecule has 0 aliphatic heterocycles. The molecule has 0 spiro atoms. The van der Waals surface area contributed by atoms with Gasteiger partial charge in [-0.05, 0) is 48.0 Å². The molecule has 3 rings (SSSR count). The first kappa shape index (κ1) is 23.5. The summed E-state index contributed by atoms with van der Waals surface area (Å²) in [6, 6.07) is 16.8. The molecular weight excluding hydrogens is 448 g/mol. The van der Waals surface area contributed by atoms with Crippen molar-refractivity contribution in [1.29, 1.82) is 0 Å². The molecule has 1 amide bonds. The van der Waals surface area contributed by atoms with Gasteiger partial charge in [0.1, 0.15) is 5.75 Å². The highest BCUT2D eigenvalue weighted by Crippen LogP contribution is 2.25. The third-order valence-electron chi connectivity index (χ3n) is 4.23. The summed E-state index contributed by atoms with van der Waals surface area (Å²) in [7, 11) is 0. The van der Waals surface area contributed by atoms with Crippen LogP contribution in [-0.2, 0) is 4.79 Å². The van der Waals surface area contributed by atoms with E-state index in [-0.39, 0.29) is 28.4 Å². The maximum atomic E-state index is 12.1. The second kappa shape index (κ2) is 10.9. The summed E-state index contributed by atoms with van der Waals surface area (Å²) in [5.41, 5.74) is 2.57. The summed E-state index contributed by atoms with van der Waals surface area (Å²) in [6.07, 6.45) is 1.34. The van der Waals surface area contributed by atoms with Gasteiger partial charge in [-0.2, -0.15) is 5.10 Å². The molecule has 0 saturated heterocycles. The number of non-ortho nitro benzene ring substituents is 1. The quantitative estimate of drug-likeness (QED) is 0.166. The van der Waals surface area contributed by atoms with Crippen LogP contribution in [0.2, 0.25) is 0 Å². The van der Waals surface area contributed by atoms with Crippen LogP contribution in [0.25, 0.3) is 0 Å². The van der Waals surface area contributed by atoms with Crippen LogP contribution in [0.3, 0.4) is 0 Å². The molecular formula is C22H16N4O8. The molecule has 0 saturated carbocycles. The van der Waals surface area contributed by atoms with Crippen LogP contribution in [0.15, 0.2) is 77.9 Å². The van der Waals surface area contributed by atoms with Gasteiger partial charge in [0.25, 0.3) is 11.6 Å². The number of hydrazone groups is 1. The molecule has 0 fully saturated rings. The van der Waals surface area contributed by atoms with E-state index in [1.807, 2.05) is 0 Å². The molecule has 0 atom stereocenters. The lowest BCUT2D eigenvalue weighted by Gasteiger charge is -2.05. The molecule has 0 aliphatic rings. The lowest BCUT2D eigenvalue weighted by atomic mass is 10.2. The van der Waals surface area contributed by atoms with E-state index in [1.54, 1.807) is 18.2 Å². The van der Waals surface area contributed by atoms with Gasteiger partial charge in [-0.15, -0.1) is 0 Å². The largest absolute Gasteiger partial charge is 0.477 e. The minimum absolute atomic E-state index is 0.0366. The molecule has 0 aromatic heterocycles. The molecule has 0 aliphatic carbocycles. The Kier molecular flexibility index (Phi) is 7.58. The van der Waals surface area contributed by atoms with Crippen molar-refractivity contribution in [3.63, 3.8) is 0 Å². The maximum Gasteiger partial charge on any atom is 0.343 e. The molecule has 12 heteroatoms. The second-order valence-corrected chi connectivity index (χ2v) is 6.57. The van der Waals surface area contributed by atoms with Crippen molar-refractivity contribution in [2.75, 3.05) is 6.61 Å². The van der Waals surface area contributed by atoms with Gasteiger partial charge in [0.05, 0.1) is 21.6 Å². The van der Waals surface area contributed by atoms with Gasteiger partial charge < -0.3 is 9.47 Å². The van der Waals surface area contributed by atoms with E-state index >= 15 is 0 Å². The number of nitro groups is 2. The van der Waals surface area contributed by atoms with Gasteiger partial charge >= 0.3 is 11.7 Å². The Bertz CT molecular complexity index is 1240. The van der Waals surface area contributed by atoms with Crippen LogP contribution in [0, 0.1) is 20.2 Å². The highest BCUT2D eigenvalue weighted by molar-refractivity contribution is 5.91. The molecule has 0 radical (unpaired) electrons. The van der Waals surface area contributed by atoms with Gasteiger partial charge in [0.15, 0.2) is 12.4 Å². The zero-order valence-electron chi connectivity index (χ0n) is 17.3. The first-order valence-electron chi connectivity index (χ1n) is 9.58. The Morgan fingerprint density at radius 2 is 1.59 bits per heavy atom. The van der Waals surface area contributed by atoms with Crippen molar-refractivity contribution in [3.8, 4) is 11.5 Å². The van der Waals surface area contributed by atoms with Crippen LogP contribution in [0.4, 0.5) is 11.4 Å². The Morgan fingerprint density at radius 3 is 2.24 bits per heavy atom. The SMILES string of the molecule is O=C(COc1ccccc1[N+](=O)[O-])N/N=C\c1ccc(OC(=O)c2ccc([N+](=O)[O-])cc2)cc1. The monoisotopic (exact) mass is 464 g/mol. The third kappa shape index (κ3) is 6.43. The number of hydrogen-bond acceptors (Lipinski definition) is 9. The Balaban J connectivity index is 1.49. The number of amides is 1. The zero-order chi connectivity index (χ0) is 24.5. The first-order valence-corrected chi connectivity index (χ1v) is 9.58. The molecule has 3 aromatic carbocycles. The molecule has 3 aromatic rings. The van der Waals surface area contributed by atoms with Gasteiger partial charge in [-0.3, -0.25) is 25.0 Å². The van der Waals surface area contributed by atoms with Gasteiger partial charge in [0, 0.05) is 18.2 Å². The fraction of sp³-hybridized carbons (Fsp3) is 0.0455. The minimum atomic E-state index is -0.678. The van der Waals surface area contributed by atoms with Gasteiger partial charge in [0.2, 0.25) is 0 Å². The number of esters is 1. The summed E-state index contributed by atoms with van der Waals surface area (Å²) in [6.45, 7) is -0.472. The summed E-state index contributed by atoms with van der Waals surface area (Å²) >= 11 is 0. The van der Waals surface area contributed by atoms with Crippen LogP contribution >= 0.6 is 0 Å². The lowest BCUT2D eigenvalue weighted by molar-refractivity contribution is -0.385. The summed E-state index contributed by atoms with van der Waals surface area (Å²) in [5.74, 6) is -1.10. The summed E-state index contributed by atoms with van der Waals surface area (Å²) in [5, 5.41) is 25.4. The van der Waals surface area contributed by atoms with Crippen molar-refractivity contribution in [2.45, 2.75) is 0 Å². The second-order valence-electron chi connectivity index (χ2n) is 6.57. The lowest BCUT2D eigenvalue weighted by Crippen LogP contribution is -2.24. The predicted molar refractivity (Wildman–Crippen MR) is 119 cm³/mol. The fourth-order valence-electron chi connectivity index (χ4n) is 2.59. The van der Waals surface area contributed by atoms with E-state index in [0.29, 0.717) is 5.56 Å². The smallest absolute Gasteiger partial charge is 0.343 e. The molecule has 12 nitrogen and oxygen atoms in total. The molecule has 0 unspecified atom stereocenters. The van der Waals surface area contributed by atoms with E-state index in [9.17, 15) is 29.8 Å². The van der Waals surface area contributed by atoms with Gasteiger partial charge in [-0.25, -0.2) is 10.2 Å². The number of nitro benzene ring substituents is 2. The number of nitrogens with one attached hydrogen (secondary N) is 1. The normalized spacial score (nSPS) is 10.5. The highest BCUT2D eigenvalue weighted by atomic mass is 16.6. The van der Waals surface area contributed by atoms with Gasteiger partial charge in [-0.1, -0.05) is 12.1 Å². The summed E-state index contributed by atoms with van der Waals surface area (Å²) in [4.78, 5) is 44.4. The number of ether oxygens (including phenoxy) is 2. The van der Waals surface area contributed by atoms with Crippen molar-refractivity contribution >= 4 is 29.5 Å².